The largest absolute Gasteiger partial charge is 0.334 e. The number of aromatic nitrogens is 3. The molecule has 1 aliphatic rings. The minimum atomic E-state index is 0.0457. The lowest BCUT2D eigenvalue weighted by molar-refractivity contribution is 0.0622. The molecule has 0 aromatic carbocycles. The molecule has 6 heteroatoms. The minimum Gasteiger partial charge on any atom is -0.334 e. The van der Waals surface area contributed by atoms with Crippen LogP contribution in [0.1, 0.15) is 55.2 Å². The molecule has 1 saturated heterocycles. The van der Waals surface area contributed by atoms with Crippen molar-refractivity contribution in [2.24, 2.45) is 5.73 Å². The third kappa shape index (κ3) is 2.83. The molecule has 0 aliphatic carbocycles. The molecule has 3 rings (SSSR count). The molecule has 2 aromatic rings. The number of aryl methyl sites for hydroxylation is 1. The van der Waals surface area contributed by atoms with Crippen molar-refractivity contribution in [3.05, 3.63) is 23.5 Å². The maximum absolute atomic E-state index is 13.0. The Balaban J connectivity index is 1.99. The molecule has 2 aromatic heterocycles. The quantitative estimate of drug-likeness (QED) is 0.942. The Bertz CT molecular complexity index is 721. The molecule has 0 saturated carbocycles. The van der Waals surface area contributed by atoms with E-state index in [2.05, 4.69) is 23.9 Å². The van der Waals surface area contributed by atoms with E-state index < -0.39 is 0 Å². The first-order valence-electron chi connectivity index (χ1n) is 8.38. The average Bonchev–Trinajstić information content (AvgIpc) is 2.96. The Labute approximate surface area is 136 Å². The van der Waals surface area contributed by atoms with E-state index in [1.165, 1.54) is 0 Å². The highest BCUT2D eigenvalue weighted by atomic mass is 16.2. The van der Waals surface area contributed by atoms with Gasteiger partial charge in [-0.15, -0.1) is 0 Å². The van der Waals surface area contributed by atoms with Gasteiger partial charge in [-0.3, -0.25) is 4.79 Å². The van der Waals surface area contributed by atoms with Gasteiger partial charge in [0, 0.05) is 30.6 Å². The topological polar surface area (TPSA) is 77.0 Å². The summed E-state index contributed by atoms with van der Waals surface area (Å²) in [5, 5.41) is 5.30. The SMILES string of the molecule is Cc1nc2c(cnn2C(C)C)cc1C(=O)N1CCCCC1CN. The smallest absolute Gasteiger partial charge is 0.256 e. The number of hydrogen-bond donors (Lipinski definition) is 1. The molecule has 1 unspecified atom stereocenters. The molecule has 124 valence electrons. The second-order valence-electron chi connectivity index (χ2n) is 6.60. The van der Waals surface area contributed by atoms with Crippen molar-refractivity contribution in [2.75, 3.05) is 13.1 Å². The predicted octanol–water partition coefficient (Wildman–Crippen LogP) is 2.27. The van der Waals surface area contributed by atoms with Gasteiger partial charge in [0.25, 0.3) is 5.91 Å². The predicted molar refractivity (Wildman–Crippen MR) is 90.4 cm³/mol. The van der Waals surface area contributed by atoms with Crippen LogP contribution in [0.15, 0.2) is 12.3 Å². The zero-order valence-corrected chi connectivity index (χ0v) is 14.1. The lowest BCUT2D eigenvalue weighted by atomic mass is 10.0. The van der Waals surface area contributed by atoms with E-state index in [4.69, 9.17) is 5.73 Å². The summed E-state index contributed by atoms with van der Waals surface area (Å²) in [5.74, 6) is 0.0457. The van der Waals surface area contributed by atoms with Crippen LogP contribution in [0.2, 0.25) is 0 Å². The number of pyridine rings is 1. The lowest BCUT2D eigenvalue weighted by Crippen LogP contribution is -2.47. The number of nitrogens with zero attached hydrogens (tertiary/aromatic N) is 4. The van der Waals surface area contributed by atoms with Gasteiger partial charge in [-0.1, -0.05) is 0 Å². The van der Waals surface area contributed by atoms with Crippen LogP contribution >= 0.6 is 0 Å². The van der Waals surface area contributed by atoms with Crippen molar-refractivity contribution < 1.29 is 4.79 Å². The van der Waals surface area contributed by atoms with Gasteiger partial charge in [-0.25, -0.2) is 9.67 Å². The molecule has 3 heterocycles. The Kier molecular flexibility index (Phi) is 4.35. The number of piperidine rings is 1. The lowest BCUT2D eigenvalue weighted by Gasteiger charge is -2.35. The third-order valence-electron chi connectivity index (χ3n) is 4.64. The minimum absolute atomic E-state index is 0.0457. The van der Waals surface area contributed by atoms with Crippen LogP contribution in [-0.4, -0.2) is 44.7 Å². The Hall–Kier alpha value is -1.95. The molecule has 1 atom stereocenters. The van der Waals surface area contributed by atoms with E-state index in [1.807, 2.05) is 22.6 Å². The number of carbonyl (C=O) groups is 1. The number of nitrogens with two attached hydrogens (primary N) is 1. The molecule has 1 fully saturated rings. The molecule has 6 nitrogen and oxygen atoms in total. The second kappa shape index (κ2) is 6.28. The fraction of sp³-hybridized carbons (Fsp3) is 0.588. The van der Waals surface area contributed by atoms with Crippen LogP contribution in [-0.2, 0) is 0 Å². The zero-order chi connectivity index (χ0) is 16.6. The van der Waals surface area contributed by atoms with Gasteiger partial charge < -0.3 is 10.6 Å². The molecule has 0 bridgehead atoms. The van der Waals surface area contributed by atoms with Crippen molar-refractivity contribution in [3.8, 4) is 0 Å². The van der Waals surface area contributed by atoms with Crippen LogP contribution < -0.4 is 5.73 Å². The molecule has 23 heavy (non-hydrogen) atoms. The number of amides is 1. The summed E-state index contributed by atoms with van der Waals surface area (Å²) < 4.78 is 1.89. The maximum atomic E-state index is 13.0. The van der Waals surface area contributed by atoms with E-state index in [1.54, 1.807) is 6.20 Å². The van der Waals surface area contributed by atoms with Crippen LogP contribution in [0, 0.1) is 6.92 Å². The summed E-state index contributed by atoms with van der Waals surface area (Å²) >= 11 is 0. The second-order valence-corrected chi connectivity index (χ2v) is 6.60. The summed E-state index contributed by atoms with van der Waals surface area (Å²) in [6.45, 7) is 7.34. The first kappa shape index (κ1) is 15.9. The first-order chi connectivity index (χ1) is 11.0. The van der Waals surface area contributed by atoms with Gasteiger partial charge in [0.2, 0.25) is 0 Å². The van der Waals surface area contributed by atoms with E-state index in [0.717, 1.165) is 42.5 Å². The average molecular weight is 315 g/mol. The van der Waals surface area contributed by atoms with Crippen LogP contribution in [0.5, 0.6) is 0 Å². The van der Waals surface area contributed by atoms with Crippen molar-refractivity contribution in [3.63, 3.8) is 0 Å². The van der Waals surface area contributed by atoms with Crippen LogP contribution in [0.25, 0.3) is 11.0 Å². The number of rotatable bonds is 3. The van der Waals surface area contributed by atoms with Crippen molar-refractivity contribution in [1.82, 2.24) is 19.7 Å². The Morgan fingerprint density at radius 3 is 2.91 bits per heavy atom. The van der Waals surface area contributed by atoms with Gasteiger partial charge in [-0.05, 0) is 46.1 Å². The van der Waals surface area contributed by atoms with Crippen LogP contribution in [0.4, 0.5) is 0 Å². The Morgan fingerprint density at radius 2 is 2.22 bits per heavy atom. The molecular weight excluding hydrogens is 290 g/mol. The van der Waals surface area contributed by atoms with E-state index in [-0.39, 0.29) is 18.0 Å². The highest BCUT2D eigenvalue weighted by Gasteiger charge is 2.28. The summed E-state index contributed by atoms with van der Waals surface area (Å²) in [6, 6.07) is 2.31. The monoisotopic (exact) mass is 315 g/mol. The van der Waals surface area contributed by atoms with Gasteiger partial charge >= 0.3 is 0 Å². The molecule has 1 aliphatic heterocycles. The van der Waals surface area contributed by atoms with Crippen molar-refractivity contribution >= 4 is 16.9 Å². The summed E-state index contributed by atoms with van der Waals surface area (Å²) in [7, 11) is 0. The number of hydrogen-bond acceptors (Lipinski definition) is 4. The van der Waals surface area contributed by atoms with Gasteiger partial charge in [0.05, 0.1) is 17.5 Å². The molecule has 2 N–H and O–H groups in total. The fourth-order valence-corrected chi connectivity index (χ4v) is 3.33. The molecule has 1 amide bonds. The van der Waals surface area contributed by atoms with Gasteiger partial charge in [-0.2, -0.15) is 5.10 Å². The highest BCUT2D eigenvalue weighted by molar-refractivity contribution is 5.98. The maximum Gasteiger partial charge on any atom is 0.256 e. The number of fused-ring (bicyclic) bond motifs is 1. The molecule has 0 spiro atoms. The normalized spacial score (nSPS) is 18.8. The van der Waals surface area contributed by atoms with Crippen molar-refractivity contribution in [1.29, 1.82) is 0 Å². The summed E-state index contributed by atoms with van der Waals surface area (Å²) in [4.78, 5) is 19.5. The van der Waals surface area contributed by atoms with E-state index >= 15 is 0 Å². The van der Waals surface area contributed by atoms with Gasteiger partial charge in [0.15, 0.2) is 5.65 Å². The summed E-state index contributed by atoms with van der Waals surface area (Å²) in [5.41, 5.74) is 8.11. The number of likely N-dealkylation sites (tertiary alicyclic amines) is 1. The molecule has 0 radical (unpaired) electrons. The fourth-order valence-electron chi connectivity index (χ4n) is 3.33. The van der Waals surface area contributed by atoms with E-state index in [0.29, 0.717) is 12.1 Å². The highest BCUT2D eigenvalue weighted by Crippen LogP contribution is 2.23. The zero-order valence-electron chi connectivity index (χ0n) is 14.1. The summed E-state index contributed by atoms with van der Waals surface area (Å²) in [6.07, 6.45) is 4.96. The van der Waals surface area contributed by atoms with Crippen molar-refractivity contribution in [2.45, 2.75) is 52.1 Å². The molecular formula is C17H25N5O. The van der Waals surface area contributed by atoms with E-state index in [9.17, 15) is 4.79 Å². The standard InChI is InChI=1S/C17H25N5O/c1-11(2)22-16-13(10-19-22)8-15(12(3)20-16)17(23)21-7-5-4-6-14(21)9-18/h8,10-11,14H,4-7,9,18H2,1-3H3. The number of carbonyl (C=O) groups excluding carboxylic acids is 1. The first-order valence-corrected chi connectivity index (χ1v) is 8.38. The van der Waals surface area contributed by atoms with Gasteiger partial charge in [0.1, 0.15) is 0 Å². The Morgan fingerprint density at radius 1 is 1.43 bits per heavy atom. The van der Waals surface area contributed by atoms with Crippen LogP contribution in [0.3, 0.4) is 0 Å². The third-order valence-corrected chi connectivity index (χ3v) is 4.64.